The second-order valence-electron chi connectivity index (χ2n) is 4.78. The Kier molecular flexibility index (Phi) is 3.83. The van der Waals surface area contributed by atoms with Gasteiger partial charge < -0.3 is 10.6 Å². The lowest BCUT2D eigenvalue weighted by Crippen LogP contribution is -2.24. The molecule has 1 fully saturated rings. The molecular weight excluding hydrogens is 196 g/mol. The molecule has 1 heterocycles. The van der Waals surface area contributed by atoms with Gasteiger partial charge in [0.25, 0.3) is 0 Å². The molecule has 0 aromatic heterocycles. The molecular formula is C14H22N2. The molecule has 0 saturated carbocycles. The van der Waals surface area contributed by atoms with Gasteiger partial charge in [-0.25, -0.2) is 0 Å². The molecule has 1 aromatic carbocycles. The summed E-state index contributed by atoms with van der Waals surface area (Å²) in [6.45, 7) is 6.61. The summed E-state index contributed by atoms with van der Waals surface area (Å²) in [6.07, 6.45) is 3.91. The van der Waals surface area contributed by atoms with E-state index in [0.29, 0.717) is 0 Å². The quantitative estimate of drug-likeness (QED) is 0.812. The highest BCUT2D eigenvalue weighted by molar-refractivity contribution is 5.56. The monoisotopic (exact) mass is 218 g/mol. The summed E-state index contributed by atoms with van der Waals surface area (Å²) in [5.74, 6) is 0. The molecule has 2 heteroatoms. The number of benzene rings is 1. The van der Waals surface area contributed by atoms with Gasteiger partial charge in [0.1, 0.15) is 0 Å². The molecule has 0 aliphatic carbocycles. The normalized spacial score (nSPS) is 20.0. The molecule has 0 spiro atoms. The van der Waals surface area contributed by atoms with E-state index in [0.717, 1.165) is 12.6 Å². The van der Waals surface area contributed by atoms with E-state index in [4.69, 9.17) is 0 Å². The van der Waals surface area contributed by atoms with E-state index in [2.05, 4.69) is 42.7 Å². The first-order chi connectivity index (χ1) is 7.77. The zero-order chi connectivity index (χ0) is 11.4. The van der Waals surface area contributed by atoms with Gasteiger partial charge in [0.15, 0.2) is 0 Å². The van der Waals surface area contributed by atoms with E-state index in [-0.39, 0.29) is 0 Å². The van der Waals surface area contributed by atoms with Crippen LogP contribution in [0.3, 0.4) is 0 Å². The van der Waals surface area contributed by atoms with Crippen molar-refractivity contribution in [3.8, 4) is 0 Å². The number of hydrogen-bond acceptors (Lipinski definition) is 2. The molecule has 0 radical (unpaired) electrons. The molecule has 0 amide bonds. The maximum atomic E-state index is 3.57. The van der Waals surface area contributed by atoms with E-state index in [1.807, 2.05) is 0 Å². The Balaban J connectivity index is 1.84. The van der Waals surface area contributed by atoms with Crippen molar-refractivity contribution in [2.75, 3.05) is 18.4 Å². The van der Waals surface area contributed by atoms with Gasteiger partial charge >= 0.3 is 0 Å². The number of hydrogen-bond donors (Lipinski definition) is 2. The van der Waals surface area contributed by atoms with Crippen molar-refractivity contribution in [2.45, 2.75) is 39.2 Å². The second kappa shape index (κ2) is 5.35. The average molecular weight is 218 g/mol. The minimum atomic E-state index is 0.733. The number of para-hydroxylation sites is 1. The predicted octanol–water partition coefficient (Wildman–Crippen LogP) is 2.86. The van der Waals surface area contributed by atoms with Crippen molar-refractivity contribution < 1.29 is 0 Å². The third-order valence-electron chi connectivity index (χ3n) is 3.44. The summed E-state index contributed by atoms with van der Waals surface area (Å²) in [7, 11) is 0. The molecule has 1 saturated heterocycles. The lowest BCUT2D eigenvalue weighted by molar-refractivity contribution is 0.574. The topological polar surface area (TPSA) is 24.1 Å². The SMILES string of the molecule is Cc1cccc(C)c1NCCC1CCCN1. The highest BCUT2D eigenvalue weighted by Crippen LogP contribution is 2.19. The van der Waals surface area contributed by atoms with E-state index < -0.39 is 0 Å². The van der Waals surface area contributed by atoms with Crippen LogP contribution in [0.1, 0.15) is 30.4 Å². The number of aryl methyl sites for hydroxylation is 2. The third kappa shape index (κ3) is 2.76. The average Bonchev–Trinajstić information content (AvgIpc) is 2.75. The van der Waals surface area contributed by atoms with Gasteiger partial charge in [-0.15, -0.1) is 0 Å². The first-order valence-electron chi connectivity index (χ1n) is 6.31. The smallest absolute Gasteiger partial charge is 0.0399 e. The Bertz CT molecular complexity index is 320. The molecule has 0 bridgehead atoms. The van der Waals surface area contributed by atoms with Crippen LogP contribution < -0.4 is 10.6 Å². The summed E-state index contributed by atoms with van der Waals surface area (Å²) in [5.41, 5.74) is 4.01. The highest BCUT2D eigenvalue weighted by Gasteiger charge is 2.13. The fourth-order valence-electron chi connectivity index (χ4n) is 2.47. The molecule has 2 N–H and O–H groups in total. The summed E-state index contributed by atoms with van der Waals surface area (Å²) < 4.78 is 0. The highest BCUT2D eigenvalue weighted by atomic mass is 15.0. The van der Waals surface area contributed by atoms with E-state index in [9.17, 15) is 0 Å². The van der Waals surface area contributed by atoms with Crippen LogP contribution in [-0.2, 0) is 0 Å². The summed E-state index contributed by atoms with van der Waals surface area (Å²) >= 11 is 0. The maximum absolute atomic E-state index is 3.57. The molecule has 1 aliphatic heterocycles. The van der Waals surface area contributed by atoms with Crippen LogP contribution in [0.25, 0.3) is 0 Å². The number of nitrogens with one attached hydrogen (secondary N) is 2. The van der Waals surface area contributed by atoms with Gasteiger partial charge in [0.2, 0.25) is 0 Å². The van der Waals surface area contributed by atoms with Crippen molar-refractivity contribution in [3.63, 3.8) is 0 Å². The van der Waals surface area contributed by atoms with Gasteiger partial charge in [0.05, 0.1) is 0 Å². The van der Waals surface area contributed by atoms with Crippen LogP contribution >= 0.6 is 0 Å². The van der Waals surface area contributed by atoms with Crippen LogP contribution in [0.2, 0.25) is 0 Å². The molecule has 1 aliphatic rings. The fourth-order valence-corrected chi connectivity index (χ4v) is 2.47. The minimum absolute atomic E-state index is 0.733. The van der Waals surface area contributed by atoms with Crippen LogP contribution in [0, 0.1) is 13.8 Å². The van der Waals surface area contributed by atoms with Crippen molar-refractivity contribution in [1.82, 2.24) is 5.32 Å². The van der Waals surface area contributed by atoms with Crippen LogP contribution in [-0.4, -0.2) is 19.1 Å². The van der Waals surface area contributed by atoms with Crippen LogP contribution in [0.4, 0.5) is 5.69 Å². The molecule has 16 heavy (non-hydrogen) atoms. The lowest BCUT2D eigenvalue weighted by atomic mass is 10.1. The molecule has 88 valence electrons. The maximum Gasteiger partial charge on any atom is 0.0399 e. The Morgan fingerprint density at radius 1 is 1.31 bits per heavy atom. The zero-order valence-corrected chi connectivity index (χ0v) is 10.3. The number of rotatable bonds is 4. The molecule has 1 aromatic rings. The first-order valence-corrected chi connectivity index (χ1v) is 6.31. The van der Waals surface area contributed by atoms with Gasteiger partial charge in [-0.1, -0.05) is 18.2 Å². The van der Waals surface area contributed by atoms with Gasteiger partial charge in [-0.05, 0) is 50.8 Å². The van der Waals surface area contributed by atoms with Gasteiger partial charge in [-0.2, -0.15) is 0 Å². The van der Waals surface area contributed by atoms with Crippen molar-refractivity contribution in [2.24, 2.45) is 0 Å². The Morgan fingerprint density at radius 3 is 2.69 bits per heavy atom. The van der Waals surface area contributed by atoms with Crippen molar-refractivity contribution >= 4 is 5.69 Å². The lowest BCUT2D eigenvalue weighted by Gasteiger charge is -2.15. The Morgan fingerprint density at radius 2 is 2.06 bits per heavy atom. The molecule has 1 atom stereocenters. The van der Waals surface area contributed by atoms with Crippen LogP contribution in [0.5, 0.6) is 0 Å². The number of anilines is 1. The molecule has 2 nitrogen and oxygen atoms in total. The first kappa shape index (κ1) is 11.5. The standard InChI is InChI=1S/C14H22N2/c1-11-5-3-6-12(2)14(11)16-10-8-13-7-4-9-15-13/h3,5-6,13,15-16H,4,7-10H2,1-2H3. The van der Waals surface area contributed by atoms with E-state index in [1.54, 1.807) is 0 Å². The van der Waals surface area contributed by atoms with Crippen molar-refractivity contribution in [1.29, 1.82) is 0 Å². The largest absolute Gasteiger partial charge is 0.385 e. The summed E-state index contributed by atoms with van der Waals surface area (Å²) in [4.78, 5) is 0. The summed E-state index contributed by atoms with van der Waals surface area (Å²) in [6, 6.07) is 7.19. The summed E-state index contributed by atoms with van der Waals surface area (Å²) in [5, 5.41) is 7.10. The molecule has 2 rings (SSSR count). The second-order valence-corrected chi connectivity index (χ2v) is 4.78. The fraction of sp³-hybridized carbons (Fsp3) is 0.571. The third-order valence-corrected chi connectivity index (χ3v) is 3.44. The van der Waals surface area contributed by atoms with Crippen LogP contribution in [0.15, 0.2) is 18.2 Å². The van der Waals surface area contributed by atoms with Crippen molar-refractivity contribution in [3.05, 3.63) is 29.3 Å². The van der Waals surface area contributed by atoms with Gasteiger partial charge in [-0.3, -0.25) is 0 Å². The van der Waals surface area contributed by atoms with Gasteiger partial charge in [0, 0.05) is 18.3 Å². The minimum Gasteiger partial charge on any atom is -0.385 e. The van der Waals surface area contributed by atoms with E-state index >= 15 is 0 Å². The Labute approximate surface area is 98.4 Å². The molecule has 1 unspecified atom stereocenters. The zero-order valence-electron chi connectivity index (χ0n) is 10.3. The Hall–Kier alpha value is -1.02. The predicted molar refractivity (Wildman–Crippen MR) is 70.0 cm³/mol. The van der Waals surface area contributed by atoms with E-state index in [1.165, 1.54) is 42.6 Å².